The van der Waals surface area contributed by atoms with Gasteiger partial charge in [-0.2, -0.15) is 0 Å². The monoisotopic (exact) mass is 398 g/mol. The maximum atomic E-state index is 12.3. The number of hydrogen-bond acceptors (Lipinski definition) is 3. The highest BCUT2D eigenvalue weighted by atomic mass is 32.2. The molecule has 150 valence electrons. The molecule has 2 N–H and O–H groups in total. The van der Waals surface area contributed by atoms with Crippen molar-refractivity contribution >= 4 is 22.4 Å². The van der Waals surface area contributed by atoms with Gasteiger partial charge in [0.05, 0.1) is 10.8 Å². The van der Waals surface area contributed by atoms with E-state index in [0.717, 1.165) is 36.8 Å². The molecular formula is C22H30N4OS. The second-order valence-electron chi connectivity index (χ2n) is 7.13. The number of nitrogens with one attached hydrogen (secondary N) is 2. The molecule has 2 aromatic carbocycles. The minimum Gasteiger partial charge on any atom is -0.369 e. The second-order valence-corrected chi connectivity index (χ2v) is 8.70. The molecule has 2 aromatic rings. The molecule has 1 heterocycles. The van der Waals surface area contributed by atoms with Crippen LogP contribution < -0.4 is 15.5 Å². The standard InChI is InChI=1S/C22H30N4OS/c1-18-10-12-20(13-11-18)26-15-6-7-19(17-26)25-22(23-2)24-14-16-28(27)21-8-4-3-5-9-21/h3-5,8-13,19H,6-7,14-17H2,1-2H3,(H2,23,24,25). The van der Waals surface area contributed by atoms with Crippen molar-refractivity contribution in [3.8, 4) is 0 Å². The predicted octanol–water partition coefficient (Wildman–Crippen LogP) is 2.94. The fraction of sp³-hybridized carbons (Fsp3) is 0.409. The summed E-state index contributed by atoms with van der Waals surface area (Å²) in [7, 11) is 0.787. The van der Waals surface area contributed by atoms with Gasteiger partial charge >= 0.3 is 0 Å². The lowest BCUT2D eigenvalue weighted by Gasteiger charge is -2.35. The average Bonchev–Trinajstić information content (AvgIpc) is 2.74. The molecule has 1 aliphatic rings. The summed E-state index contributed by atoms with van der Waals surface area (Å²) < 4.78 is 12.3. The average molecular weight is 399 g/mol. The van der Waals surface area contributed by atoms with Crippen LogP contribution in [0.4, 0.5) is 5.69 Å². The third-order valence-corrected chi connectivity index (χ3v) is 6.34. The van der Waals surface area contributed by atoms with Gasteiger partial charge in [0.1, 0.15) is 0 Å². The van der Waals surface area contributed by atoms with Crippen LogP contribution in [0.15, 0.2) is 64.5 Å². The van der Waals surface area contributed by atoms with Gasteiger partial charge in [-0.3, -0.25) is 9.20 Å². The van der Waals surface area contributed by atoms with E-state index >= 15 is 0 Å². The number of nitrogens with zero attached hydrogens (tertiary/aromatic N) is 2. The quantitative estimate of drug-likeness (QED) is 0.580. The van der Waals surface area contributed by atoms with Crippen LogP contribution in [0.1, 0.15) is 18.4 Å². The second kappa shape index (κ2) is 10.3. The topological polar surface area (TPSA) is 56.7 Å². The summed E-state index contributed by atoms with van der Waals surface area (Å²) in [5.41, 5.74) is 2.56. The van der Waals surface area contributed by atoms with Crippen LogP contribution in [0, 0.1) is 6.92 Å². The first kappa shape index (κ1) is 20.4. The summed E-state index contributed by atoms with van der Waals surface area (Å²) in [5, 5.41) is 6.84. The Hall–Kier alpha value is -2.34. The number of anilines is 1. The predicted molar refractivity (Wildman–Crippen MR) is 119 cm³/mol. The minimum absolute atomic E-state index is 0.348. The molecule has 3 rings (SSSR count). The Bertz CT molecular complexity index is 792. The van der Waals surface area contributed by atoms with E-state index in [1.54, 1.807) is 7.05 Å². The summed E-state index contributed by atoms with van der Waals surface area (Å²) in [6.07, 6.45) is 2.28. The molecular weight excluding hydrogens is 368 g/mol. The van der Waals surface area contributed by atoms with Gasteiger partial charge in [-0.15, -0.1) is 0 Å². The van der Waals surface area contributed by atoms with Gasteiger partial charge in [-0.05, 0) is 44.0 Å². The first-order chi connectivity index (χ1) is 13.7. The zero-order valence-electron chi connectivity index (χ0n) is 16.7. The lowest BCUT2D eigenvalue weighted by atomic mass is 10.0. The van der Waals surface area contributed by atoms with Crippen LogP contribution in [-0.2, 0) is 10.8 Å². The van der Waals surface area contributed by atoms with Gasteiger partial charge in [-0.1, -0.05) is 35.9 Å². The van der Waals surface area contributed by atoms with Gasteiger partial charge in [0.2, 0.25) is 0 Å². The van der Waals surface area contributed by atoms with Crippen molar-refractivity contribution < 1.29 is 4.21 Å². The number of guanidine groups is 1. The molecule has 0 spiro atoms. The van der Waals surface area contributed by atoms with Gasteiger partial charge in [-0.25, -0.2) is 0 Å². The van der Waals surface area contributed by atoms with Crippen LogP contribution in [0.2, 0.25) is 0 Å². The fourth-order valence-electron chi connectivity index (χ4n) is 3.43. The molecule has 1 aliphatic heterocycles. The van der Waals surface area contributed by atoms with E-state index in [4.69, 9.17) is 0 Å². The highest BCUT2D eigenvalue weighted by molar-refractivity contribution is 7.85. The Balaban J connectivity index is 1.47. The smallest absolute Gasteiger partial charge is 0.191 e. The minimum atomic E-state index is -0.995. The van der Waals surface area contributed by atoms with Crippen molar-refractivity contribution in [2.24, 2.45) is 4.99 Å². The van der Waals surface area contributed by atoms with E-state index in [0.29, 0.717) is 18.3 Å². The van der Waals surface area contributed by atoms with Crippen molar-refractivity contribution in [1.82, 2.24) is 10.6 Å². The highest BCUT2D eigenvalue weighted by Crippen LogP contribution is 2.20. The van der Waals surface area contributed by atoms with Gasteiger partial charge in [0, 0.05) is 49.1 Å². The first-order valence-corrected chi connectivity index (χ1v) is 11.2. The van der Waals surface area contributed by atoms with Crippen molar-refractivity contribution in [3.05, 3.63) is 60.2 Å². The van der Waals surface area contributed by atoms with Crippen LogP contribution in [0.3, 0.4) is 0 Å². The van der Waals surface area contributed by atoms with Crippen LogP contribution >= 0.6 is 0 Å². The molecule has 5 nitrogen and oxygen atoms in total. The molecule has 0 radical (unpaired) electrons. The van der Waals surface area contributed by atoms with E-state index in [1.807, 2.05) is 30.3 Å². The number of piperidine rings is 1. The van der Waals surface area contributed by atoms with Gasteiger partial charge in [0.15, 0.2) is 5.96 Å². The van der Waals surface area contributed by atoms with Crippen molar-refractivity contribution in [3.63, 3.8) is 0 Å². The zero-order chi connectivity index (χ0) is 19.8. The van der Waals surface area contributed by atoms with Crippen molar-refractivity contribution in [2.45, 2.75) is 30.7 Å². The molecule has 0 saturated carbocycles. The zero-order valence-corrected chi connectivity index (χ0v) is 17.5. The number of benzene rings is 2. The third-order valence-electron chi connectivity index (χ3n) is 4.97. The summed E-state index contributed by atoms with van der Waals surface area (Å²) in [4.78, 5) is 7.64. The van der Waals surface area contributed by atoms with E-state index in [1.165, 1.54) is 11.3 Å². The summed E-state index contributed by atoms with van der Waals surface area (Å²) in [6.45, 7) is 4.78. The summed E-state index contributed by atoms with van der Waals surface area (Å²) in [5.74, 6) is 1.34. The maximum Gasteiger partial charge on any atom is 0.191 e. The van der Waals surface area contributed by atoms with Gasteiger partial charge < -0.3 is 15.5 Å². The fourth-order valence-corrected chi connectivity index (χ4v) is 4.41. The number of rotatable bonds is 6. The van der Waals surface area contributed by atoms with E-state index < -0.39 is 10.8 Å². The Morgan fingerprint density at radius 2 is 1.93 bits per heavy atom. The normalized spacial score (nSPS) is 18.6. The Morgan fingerprint density at radius 3 is 2.64 bits per heavy atom. The molecule has 2 atom stereocenters. The van der Waals surface area contributed by atoms with Gasteiger partial charge in [0.25, 0.3) is 0 Å². The Kier molecular flexibility index (Phi) is 7.48. The third kappa shape index (κ3) is 5.83. The molecule has 1 fully saturated rings. The molecule has 28 heavy (non-hydrogen) atoms. The molecule has 2 unspecified atom stereocenters. The molecule has 0 aromatic heterocycles. The maximum absolute atomic E-state index is 12.3. The lowest BCUT2D eigenvalue weighted by molar-refractivity contribution is 0.468. The lowest BCUT2D eigenvalue weighted by Crippen LogP contribution is -2.51. The first-order valence-electron chi connectivity index (χ1n) is 9.88. The van der Waals surface area contributed by atoms with Crippen LogP contribution in [-0.4, -0.2) is 48.6 Å². The summed E-state index contributed by atoms with van der Waals surface area (Å²) in [6, 6.07) is 18.7. The SMILES string of the molecule is CN=C(NCCS(=O)c1ccccc1)NC1CCCN(c2ccc(C)cc2)C1. The summed E-state index contributed by atoms with van der Waals surface area (Å²) >= 11 is 0. The molecule has 0 bridgehead atoms. The molecule has 6 heteroatoms. The van der Waals surface area contributed by atoms with Crippen LogP contribution in [0.5, 0.6) is 0 Å². The largest absolute Gasteiger partial charge is 0.369 e. The number of hydrogen-bond donors (Lipinski definition) is 2. The van der Waals surface area contributed by atoms with Crippen molar-refractivity contribution in [2.75, 3.05) is 37.3 Å². The van der Waals surface area contributed by atoms with E-state index in [-0.39, 0.29) is 0 Å². The Morgan fingerprint density at radius 1 is 1.18 bits per heavy atom. The number of aliphatic imine (C=N–C) groups is 1. The van der Waals surface area contributed by atoms with Crippen LogP contribution in [0.25, 0.3) is 0 Å². The number of aryl methyl sites for hydroxylation is 1. The molecule has 1 saturated heterocycles. The molecule has 0 aliphatic carbocycles. The van der Waals surface area contributed by atoms with Crippen molar-refractivity contribution in [1.29, 1.82) is 0 Å². The molecule has 0 amide bonds. The Labute approximate surface area is 170 Å². The highest BCUT2D eigenvalue weighted by Gasteiger charge is 2.21. The van der Waals surface area contributed by atoms with E-state index in [2.05, 4.69) is 51.7 Å². The van der Waals surface area contributed by atoms with E-state index in [9.17, 15) is 4.21 Å².